The number of aliphatic carboxylic acids is 1. The molecule has 1 unspecified atom stereocenters. The zero-order valence-electron chi connectivity index (χ0n) is 14.9. The van der Waals surface area contributed by atoms with Gasteiger partial charge in [0.2, 0.25) is 11.5 Å². The lowest BCUT2D eigenvalue weighted by Crippen LogP contribution is -2.71. The summed E-state index contributed by atoms with van der Waals surface area (Å²) in [6.07, 6.45) is 3.19. The van der Waals surface area contributed by atoms with Crippen LogP contribution in [0.15, 0.2) is 28.6 Å². The van der Waals surface area contributed by atoms with Gasteiger partial charge in [0.15, 0.2) is 5.13 Å². The van der Waals surface area contributed by atoms with Gasteiger partial charge in [0.05, 0.1) is 0 Å². The van der Waals surface area contributed by atoms with Crippen molar-refractivity contribution in [2.45, 2.75) is 11.4 Å². The van der Waals surface area contributed by atoms with Crippen LogP contribution < -0.4 is 11.1 Å². The number of β-lactam (4-membered cyclic amide) rings is 1. The number of amides is 2. The van der Waals surface area contributed by atoms with Gasteiger partial charge in [0, 0.05) is 23.2 Å². The van der Waals surface area contributed by atoms with Gasteiger partial charge in [0.25, 0.3) is 11.8 Å². The van der Waals surface area contributed by atoms with Crippen molar-refractivity contribution in [3.05, 3.63) is 29.2 Å². The normalized spacial score (nSPS) is 21.8. The van der Waals surface area contributed by atoms with Crippen molar-refractivity contribution in [1.82, 2.24) is 19.6 Å². The standard InChI is InChI=1S/C15H15ClN6O5S2/c1-27-20-7(10-19-15(17)29-21-10)11(23)18-8-12(24)22-9(14(25)26)6(3-2-4-16)5-28-13(8)22/h2-3,8,13H,4-5H2,1H3,(H,18,23)(H,25,26)(H2,17,19,21)/b3-2+,20-7-/t8?,13-/m1/s1. The number of carbonyl (C=O) groups is 3. The third-order valence-corrected chi connectivity index (χ3v) is 5.97. The number of rotatable bonds is 7. The molecule has 14 heteroatoms. The lowest BCUT2D eigenvalue weighted by molar-refractivity contribution is -0.150. The summed E-state index contributed by atoms with van der Waals surface area (Å²) in [5, 5.41) is 15.3. The van der Waals surface area contributed by atoms with Crippen LogP contribution in [0.5, 0.6) is 0 Å². The number of aromatic nitrogens is 2. The average molecular weight is 459 g/mol. The second-order valence-electron chi connectivity index (χ2n) is 5.68. The van der Waals surface area contributed by atoms with Crippen molar-refractivity contribution in [3.63, 3.8) is 0 Å². The fourth-order valence-electron chi connectivity index (χ4n) is 2.77. The Morgan fingerprint density at radius 3 is 2.90 bits per heavy atom. The van der Waals surface area contributed by atoms with E-state index in [2.05, 4.69) is 24.7 Å². The minimum absolute atomic E-state index is 0.0357. The molecule has 11 nitrogen and oxygen atoms in total. The molecule has 4 N–H and O–H groups in total. The van der Waals surface area contributed by atoms with Crippen molar-refractivity contribution in [3.8, 4) is 0 Å². The predicted octanol–water partition coefficient (Wildman–Crippen LogP) is 0.00440. The summed E-state index contributed by atoms with van der Waals surface area (Å²) in [4.78, 5) is 46.6. The molecule has 2 aliphatic heterocycles. The van der Waals surface area contributed by atoms with Crippen molar-refractivity contribution >= 4 is 63.5 Å². The Hall–Kier alpha value is -2.64. The van der Waals surface area contributed by atoms with Crippen LogP contribution >= 0.6 is 34.9 Å². The molecule has 0 spiro atoms. The largest absolute Gasteiger partial charge is 0.477 e. The second kappa shape index (κ2) is 8.80. The third kappa shape index (κ3) is 4.06. The van der Waals surface area contributed by atoms with Gasteiger partial charge in [-0.05, 0) is 5.57 Å². The number of hydrogen-bond acceptors (Lipinski definition) is 10. The monoisotopic (exact) mass is 458 g/mol. The fourth-order valence-corrected chi connectivity index (χ4v) is 4.62. The Morgan fingerprint density at radius 2 is 2.31 bits per heavy atom. The second-order valence-corrected chi connectivity index (χ2v) is 7.87. The number of fused-ring (bicyclic) bond motifs is 1. The molecule has 0 aliphatic carbocycles. The van der Waals surface area contributed by atoms with Crippen LogP contribution in [0.1, 0.15) is 5.82 Å². The van der Waals surface area contributed by atoms with Gasteiger partial charge in [0.1, 0.15) is 24.2 Å². The first kappa shape index (κ1) is 21.1. The predicted molar refractivity (Wildman–Crippen MR) is 107 cm³/mol. The first-order valence-corrected chi connectivity index (χ1v) is 10.4. The number of alkyl halides is 1. The van der Waals surface area contributed by atoms with Gasteiger partial charge in [-0.25, -0.2) is 4.79 Å². The Morgan fingerprint density at radius 1 is 1.55 bits per heavy atom. The first-order chi connectivity index (χ1) is 13.9. The topological polar surface area (TPSA) is 160 Å². The van der Waals surface area contributed by atoms with Gasteiger partial charge in [-0.1, -0.05) is 17.3 Å². The minimum atomic E-state index is -1.23. The number of carbonyl (C=O) groups excluding carboxylic acids is 2. The molecule has 3 heterocycles. The number of nitrogens with zero attached hydrogens (tertiary/aromatic N) is 4. The Balaban J connectivity index is 1.80. The Bertz CT molecular complexity index is 945. The van der Waals surface area contributed by atoms with Crippen LogP contribution in [0.4, 0.5) is 5.13 Å². The summed E-state index contributed by atoms with van der Waals surface area (Å²) < 4.78 is 3.91. The molecule has 154 valence electrons. The number of nitrogen functional groups attached to an aromatic ring is 1. The van der Waals surface area contributed by atoms with E-state index < -0.39 is 29.2 Å². The van der Waals surface area contributed by atoms with E-state index in [-0.39, 0.29) is 28.2 Å². The highest BCUT2D eigenvalue weighted by atomic mass is 35.5. The molecule has 1 aromatic rings. The van der Waals surface area contributed by atoms with Crippen molar-refractivity contribution in [2.24, 2.45) is 5.16 Å². The molecule has 0 aromatic carbocycles. The van der Waals surface area contributed by atoms with E-state index in [9.17, 15) is 19.5 Å². The Labute approximate surface area is 177 Å². The van der Waals surface area contributed by atoms with Crippen LogP contribution in [0.25, 0.3) is 0 Å². The number of hydrogen-bond donors (Lipinski definition) is 3. The highest BCUT2D eigenvalue weighted by Gasteiger charge is 2.54. The molecule has 1 saturated heterocycles. The molecule has 0 saturated carbocycles. The van der Waals surface area contributed by atoms with E-state index in [4.69, 9.17) is 17.3 Å². The maximum atomic E-state index is 12.6. The van der Waals surface area contributed by atoms with Crippen LogP contribution in [0.3, 0.4) is 0 Å². The van der Waals surface area contributed by atoms with E-state index in [1.54, 1.807) is 12.2 Å². The van der Waals surface area contributed by atoms with E-state index in [1.165, 1.54) is 18.9 Å². The van der Waals surface area contributed by atoms with Crippen molar-refractivity contribution in [2.75, 3.05) is 24.5 Å². The number of oxime groups is 1. The highest BCUT2D eigenvalue weighted by Crippen LogP contribution is 2.40. The van der Waals surface area contributed by atoms with E-state index in [1.807, 2.05) is 0 Å². The van der Waals surface area contributed by atoms with Crippen LogP contribution in [-0.4, -0.2) is 73.0 Å². The number of nitrogens with one attached hydrogen (secondary N) is 1. The smallest absolute Gasteiger partial charge is 0.352 e. The van der Waals surface area contributed by atoms with Gasteiger partial charge in [-0.3, -0.25) is 14.5 Å². The number of thioether (sulfide) groups is 1. The summed E-state index contributed by atoms with van der Waals surface area (Å²) in [6.45, 7) is 0. The van der Waals surface area contributed by atoms with Gasteiger partial charge < -0.3 is 21.0 Å². The SMILES string of the molecule is CO/N=C(\C(=O)NC1C(=O)N2C(C(=O)O)=C(/C=C/CCl)CS[C@H]12)c1nsc(N)n1. The summed E-state index contributed by atoms with van der Waals surface area (Å²) >= 11 is 7.82. The maximum absolute atomic E-state index is 12.6. The zero-order chi connectivity index (χ0) is 21.1. The Kier molecular flexibility index (Phi) is 6.39. The molecule has 29 heavy (non-hydrogen) atoms. The maximum Gasteiger partial charge on any atom is 0.352 e. The molecule has 2 amide bonds. The average Bonchev–Trinajstić information content (AvgIpc) is 3.13. The fraction of sp³-hybridized carbons (Fsp3) is 0.333. The molecule has 1 fully saturated rings. The molecular weight excluding hydrogens is 444 g/mol. The molecule has 2 atom stereocenters. The zero-order valence-corrected chi connectivity index (χ0v) is 17.3. The molecule has 0 bridgehead atoms. The van der Waals surface area contributed by atoms with Crippen molar-refractivity contribution in [1.29, 1.82) is 0 Å². The minimum Gasteiger partial charge on any atom is -0.477 e. The van der Waals surface area contributed by atoms with Gasteiger partial charge in [-0.2, -0.15) is 9.36 Å². The molecule has 3 rings (SSSR count). The summed E-state index contributed by atoms with van der Waals surface area (Å²) in [7, 11) is 1.25. The van der Waals surface area contributed by atoms with Crippen LogP contribution in [-0.2, 0) is 19.2 Å². The number of anilines is 1. The van der Waals surface area contributed by atoms with Crippen LogP contribution in [0, 0.1) is 0 Å². The summed E-state index contributed by atoms with van der Waals surface area (Å²) in [5.41, 5.74) is 5.64. The van der Waals surface area contributed by atoms with Gasteiger partial charge in [-0.15, -0.1) is 23.4 Å². The first-order valence-electron chi connectivity index (χ1n) is 8.04. The van der Waals surface area contributed by atoms with E-state index in [0.717, 1.165) is 16.4 Å². The number of allylic oxidation sites excluding steroid dienone is 2. The molecule has 2 aliphatic rings. The number of halogens is 1. The molecular formula is C15H15ClN6O5S2. The molecule has 0 radical (unpaired) electrons. The third-order valence-electron chi connectivity index (χ3n) is 3.95. The number of carboxylic acids is 1. The summed E-state index contributed by atoms with van der Waals surface area (Å²) in [5.74, 6) is -1.99. The van der Waals surface area contributed by atoms with Crippen LogP contribution in [0.2, 0.25) is 0 Å². The highest BCUT2D eigenvalue weighted by molar-refractivity contribution is 8.00. The van der Waals surface area contributed by atoms with Crippen molar-refractivity contribution < 1.29 is 24.3 Å². The number of nitrogens with two attached hydrogens (primary N) is 1. The lowest BCUT2D eigenvalue weighted by atomic mass is 10.0. The summed E-state index contributed by atoms with van der Waals surface area (Å²) in [6, 6.07) is -0.932. The van der Waals surface area contributed by atoms with Gasteiger partial charge >= 0.3 is 5.97 Å². The molecule has 1 aromatic heterocycles. The van der Waals surface area contributed by atoms with E-state index >= 15 is 0 Å². The quantitative estimate of drug-likeness (QED) is 0.221. The number of carboxylic acid groups (broad SMARTS) is 1. The lowest BCUT2D eigenvalue weighted by Gasteiger charge is -2.49. The van der Waals surface area contributed by atoms with E-state index in [0.29, 0.717) is 11.3 Å².